The van der Waals surface area contributed by atoms with Crippen LogP contribution in [0.25, 0.3) is 11.4 Å². The molecule has 116 valence electrons. The van der Waals surface area contributed by atoms with Crippen LogP contribution in [0.5, 0.6) is 0 Å². The monoisotopic (exact) mass is 322 g/mol. The number of carbonyl (C=O) groups is 1. The Hall–Kier alpha value is -1.92. The Morgan fingerprint density at radius 2 is 2.09 bits per heavy atom. The summed E-state index contributed by atoms with van der Waals surface area (Å²) >= 11 is 6.00. The average Bonchev–Trinajstić information content (AvgIpc) is 2.98. The van der Waals surface area contributed by atoms with Crippen molar-refractivity contribution in [2.24, 2.45) is 0 Å². The molecule has 1 aliphatic rings. The zero-order chi connectivity index (χ0) is 15.5. The summed E-state index contributed by atoms with van der Waals surface area (Å²) in [6.07, 6.45) is 4.88. The smallest absolute Gasteiger partial charge is 0.285 e. The van der Waals surface area contributed by atoms with Crippen molar-refractivity contribution in [2.75, 3.05) is 13.1 Å². The Balaban J connectivity index is 1.73. The van der Waals surface area contributed by atoms with Gasteiger partial charge in [-0.25, -0.2) is 14.4 Å². The van der Waals surface area contributed by atoms with Crippen molar-refractivity contribution in [3.8, 4) is 11.4 Å². The van der Waals surface area contributed by atoms with E-state index in [2.05, 4.69) is 15.4 Å². The lowest BCUT2D eigenvalue weighted by Gasteiger charge is -2.26. The fraction of sp³-hybridized carbons (Fsp3) is 0.333. The first-order chi connectivity index (χ1) is 10.6. The molecular formula is C15H16ClFN4O. The van der Waals surface area contributed by atoms with Crippen LogP contribution in [-0.2, 0) is 0 Å². The third-order valence-electron chi connectivity index (χ3n) is 3.61. The maximum Gasteiger partial charge on any atom is 0.285 e. The second-order valence-corrected chi connectivity index (χ2v) is 5.65. The minimum atomic E-state index is -0.414. The van der Waals surface area contributed by atoms with E-state index in [4.69, 9.17) is 11.6 Å². The molecule has 22 heavy (non-hydrogen) atoms. The minimum Gasteiger partial charge on any atom is -0.344 e. The molecular weight excluding hydrogens is 307 g/mol. The summed E-state index contributed by atoms with van der Waals surface area (Å²) in [7, 11) is 0. The lowest BCUT2D eigenvalue weighted by molar-refractivity contribution is 0.0745. The summed E-state index contributed by atoms with van der Waals surface area (Å²) in [4.78, 5) is 19.3. The normalized spacial score (nSPS) is 15.7. The van der Waals surface area contributed by atoms with Crippen LogP contribution in [0.4, 0.5) is 4.39 Å². The maximum absolute atomic E-state index is 13.1. The molecule has 1 aromatic carbocycles. The number of hydrazine groups is 1. The number of piperidine rings is 1. The SMILES string of the molecule is O=C(NN1CCCCC1)c1c[nH]c(-c2ccc(F)cc2Cl)n1. The van der Waals surface area contributed by atoms with Gasteiger partial charge in [-0.05, 0) is 31.0 Å². The van der Waals surface area contributed by atoms with E-state index in [0.29, 0.717) is 11.4 Å². The first kappa shape index (κ1) is 15.0. The number of nitrogens with zero attached hydrogens (tertiary/aromatic N) is 2. The van der Waals surface area contributed by atoms with E-state index in [-0.39, 0.29) is 16.6 Å². The number of halogens is 2. The molecule has 0 radical (unpaired) electrons. The van der Waals surface area contributed by atoms with E-state index >= 15 is 0 Å². The van der Waals surface area contributed by atoms with Gasteiger partial charge in [-0.2, -0.15) is 0 Å². The fourth-order valence-corrected chi connectivity index (χ4v) is 2.72. The van der Waals surface area contributed by atoms with Gasteiger partial charge in [0.25, 0.3) is 5.91 Å². The Kier molecular flexibility index (Phi) is 4.40. The van der Waals surface area contributed by atoms with Gasteiger partial charge in [0, 0.05) is 24.8 Å². The Morgan fingerprint density at radius 1 is 1.32 bits per heavy atom. The molecule has 1 fully saturated rings. The van der Waals surface area contributed by atoms with Crippen LogP contribution in [0, 0.1) is 5.82 Å². The van der Waals surface area contributed by atoms with E-state index in [1.54, 1.807) is 0 Å². The van der Waals surface area contributed by atoms with Crippen LogP contribution in [-0.4, -0.2) is 34.0 Å². The van der Waals surface area contributed by atoms with Gasteiger partial charge < -0.3 is 4.98 Å². The second-order valence-electron chi connectivity index (χ2n) is 5.25. The molecule has 5 nitrogen and oxygen atoms in total. The topological polar surface area (TPSA) is 61.0 Å². The molecule has 1 amide bonds. The van der Waals surface area contributed by atoms with Gasteiger partial charge >= 0.3 is 0 Å². The quantitative estimate of drug-likeness (QED) is 0.913. The number of aromatic amines is 1. The highest BCUT2D eigenvalue weighted by Crippen LogP contribution is 2.26. The molecule has 0 unspecified atom stereocenters. The van der Waals surface area contributed by atoms with Crippen LogP contribution < -0.4 is 5.43 Å². The van der Waals surface area contributed by atoms with Gasteiger partial charge in [0.1, 0.15) is 17.3 Å². The fourth-order valence-electron chi connectivity index (χ4n) is 2.46. The Labute approximate surface area is 132 Å². The summed E-state index contributed by atoms with van der Waals surface area (Å²) in [6, 6.07) is 4.05. The molecule has 1 saturated heterocycles. The van der Waals surface area contributed by atoms with E-state index in [1.807, 2.05) is 5.01 Å². The molecule has 0 aliphatic carbocycles. The van der Waals surface area contributed by atoms with Crippen molar-refractivity contribution in [1.82, 2.24) is 20.4 Å². The predicted octanol–water partition coefficient (Wildman–Crippen LogP) is 3.00. The van der Waals surface area contributed by atoms with Crippen molar-refractivity contribution in [3.05, 3.63) is 40.9 Å². The number of carbonyl (C=O) groups excluding carboxylic acids is 1. The van der Waals surface area contributed by atoms with Gasteiger partial charge in [-0.3, -0.25) is 10.2 Å². The molecule has 0 bridgehead atoms. The first-order valence-corrected chi connectivity index (χ1v) is 7.58. The zero-order valence-corrected chi connectivity index (χ0v) is 12.7. The summed E-state index contributed by atoms with van der Waals surface area (Å²) in [5.41, 5.74) is 3.68. The van der Waals surface area contributed by atoms with Crippen molar-refractivity contribution in [3.63, 3.8) is 0 Å². The highest BCUT2D eigenvalue weighted by atomic mass is 35.5. The maximum atomic E-state index is 13.1. The van der Waals surface area contributed by atoms with Crippen LogP contribution >= 0.6 is 11.6 Å². The molecule has 1 aromatic heterocycles. The number of hydrogen-bond acceptors (Lipinski definition) is 3. The molecule has 0 atom stereocenters. The van der Waals surface area contributed by atoms with Crippen LogP contribution in [0.1, 0.15) is 29.8 Å². The van der Waals surface area contributed by atoms with Crippen LogP contribution in [0.2, 0.25) is 5.02 Å². The molecule has 0 spiro atoms. The summed E-state index contributed by atoms with van der Waals surface area (Å²) in [5.74, 6) is -0.236. The number of rotatable bonds is 3. The molecule has 3 rings (SSSR count). The number of aromatic nitrogens is 2. The van der Waals surface area contributed by atoms with Gasteiger partial charge in [-0.15, -0.1) is 0 Å². The van der Waals surface area contributed by atoms with Gasteiger partial charge in [0.05, 0.1) is 5.02 Å². The van der Waals surface area contributed by atoms with Gasteiger partial charge in [0.2, 0.25) is 0 Å². The van der Waals surface area contributed by atoms with Crippen molar-refractivity contribution >= 4 is 17.5 Å². The summed E-state index contributed by atoms with van der Waals surface area (Å²) in [5, 5.41) is 2.16. The van der Waals surface area contributed by atoms with Gasteiger partial charge in [-0.1, -0.05) is 18.0 Å². The number of H-pyrrole nitrogens is 1. The molecule has 2 aromatic rings. The Morgan fingerprint density at radius 3 is 2.82 bits per heavy atom. The highest BCUT2D eigenvalue weighted by Gasteiger charge is 2.17. The number of amides is 1. The van der Waals surface area contributed by atoms with E-state index in [1.165, 1.54) is 30.8 Å². The first-order valence-electron chi connectivity index (χ1n) is 7.20. The Bertz CT molecular complexity index is 682. The highest BCUT2D eigenvalue weighted by molar-refractivity contribution is 6.33. The van der Waals surface area contributed by atoms with Crippen molar-refractivity contribution in [2.45, 2.75) is 19.3 Å². The van der Waals surface area contributed by atoms with E-state index in [0.717, 1.165) is 25.9 Å². The molecule has 1 aliphatic heterocycles. The summed E-state index contributed by atoms with van der Waals surface area (Å²) in [6.45, 7) is 1.71. The van der Waals surface area contributed by atoms with Gasteiger partial charge in [0.15, 0.2) is 0 Å². The van der Waals surface area contributed by atoms with E-state index < -0.39 is 5.82 Å². The standard InChI is InChI=1S/C15H16ClFN4O/c16-12-8-10(17)4-5-11(12)14-18-9-13(19-14)15(22)20-21-6-2-1-3-7-21/h4-5,8-9H,1-3,6-7H2,(H,18,19)(H,20,22). The number of nitrogens with one attached hydrogen (secondary N) is 2. The molecule has 2 heterocycles. The minimum absolute atomic E-state index is 0.248. The predicted molar refractivity (Wildman–Crippen MR) is 81.9 cm³/mol. The van der Waals surface area contributed by atoms with Crippen molar-refractivity contribution < 1.29 is 9.18 Å². The molecule has 0 saturated carbocycles. The second kappa shape index (κ2) is 6.46. The molecule has 7 heteroatoms. The van der Waals surface area contributed by atoms with Crippen LogP contribution in [0.3, 0.4) is 0 Å². The third kappa shape index (κ3) is 3.28. The number of benzene rings is 1. The largest absolute Gasteiger partial charge is 0.344 e. The van der Waals surface area contributed by atoms with Crippen LogP contribution in [0.15, 0.2) is 24.4 Å². The molecule has 2 N–H and O–H groups in total. The lowest BCUT2D eigenvalue weighted by atomic mass is 10.2. The number of hydrogen-bond donors (Lipinski definition) is 2. The van der Waals surface area contributed by atoms with Crippen molar-refractivity contribution in [1.29, 1.82) is 0 Å². The lowest BCUT2D eigenvalue weighted by Crippen LogP contribution is -2.45. The average molecular weight is 323 g/mol. The third-order valence-corrected chi connectivity index (χ3v) is 3.93. The number of imidazole rings is 1. The summed E-state index contributed by atoms with van der Waals surface area (Å²) < 4.78 is 13.1. The van der Waals surface area contributed by atoms with E-state index in [9.17, 15) is 9.18 Å². The zero-order valence-electron chi connectivity index (χ0n) is 11.9.